The largest absolute Gasteiger partial charge is 0.388 e. The van der Waals surface area contributed by atoms with Crippen LogP contribution in [-0.2, 0) is 4.79 Å². The Kier molecular flexibility index (Phi) is 3.27. The molecule has 1 unspecified atom stereocenters. The Balaban J connectivity index is 2.33. The zero-order valence-corrected chi connectivity index (χ0v) is 8.34. The van der Waals surface area contributed by atoms with Gasteiger partial charge in [-0.2, -0.15) is 0 Å². The summed E-state index contributed by atoms with van der Waals surface area (Å²) in [5.41, 5.74) is -0.679. The number of hydrogen-bond acceptors (Lipinski definition) is 3. The molecule has 4 nitrogen and oxygen atoms in total. The highest BCUT2D eigenvalue weighted by molar-refractivity contribution is 5.78. The molecule has 1 rings (SSSR count). The predicted octanol–water partition coefficient (Wildman–Crippen LogP) is -0.421. The van der Waals surface area contributed by atoms with E-state index in [1.807, 2.05) is 6.92 Å². The van der Waals surface area contributed by atoms with E-state index >= 15 is 0 Å². The maximum absolute atomic E-state index is 11.4. The highest BCUT2D eigenvalue weighted by Gasteiger charge is 2.33. The molecule has 0 aromatic heterocycles. The van der Waals surface area contributed by atoms with Gasteiger partial charge < -0.3 is 15.3 Å². The molecule has 13 heavy (non-hydrogen) atoms. The van der Waals surface area contributed by atoms with Crippen LogP contribution in [0.25, 0.3) is 0 Å². The molecule has 0 bridgehead atoms. The Morgan fingerprint density at radius 2 is 2.38 bits per heavy atom. The number of amides is 1. The Labute approximate surface area is 78.9 Å². The van der Waals surface area contributed by atoms with Crippen molar-refractivity contribution in [2.24, 2.45) is 0 Å². The summed E-state index contributed by atoms with van der Waals surface area (Å²) in [4.78, 5) is 13.2. The fourth-order valence-electron chi connectivity index (χ4n) is 1.50. The minimum absolute atomic E-state index is 0.0830. The molecule has 1 fully saturated rings. The van der Waals surface area contributed by atoms with Crippen LogP contribution in [0, 0.1) is 0 Å². The van der Waals surface area contributed by atoms with Gasteiger partial charge in [0.2, 0.25) is 5.91 Å². The van der Waals surface area contributed by atoms with Gasteiger partial charge in [-0.1, -0.05) is 6.92 Å². The van der Waals surface area contributed by atoms with E-state index in [1.54, 1.807) is 11.8 Å². The second-order valence-electron chi connectivity index (χ2n) is 3.84. The summed E-state index contributed by atoms with van der Waals surface area (Å²) in [5.74, 6) is 0.0830. The monoisotopic (exact) mass is 186 g/mol. The molecule has 76 valence electrons. The molecule has 0 aromatic rings. The Morgan fingerprint density at radius 3 is 2.85 bits per heavy atom. The summed E-state index contributed by atoms with van der Waals surface area (Å²) in [6.45, 7) is 6.07. The molecular weight excluding hydrogens is 168 g/mol. The number of β-amino-alcohol motifs (C(OH)–C–C–N with tert-alkyl or cyclic N) is 1. The van der Waals surface area contributed by atoms with Crippen molar-refractivity contribution < 1.29 is 9.90 Å². The van der Waals surface area contributed by atoms with Gasteiger partial charge in [0.05, 0.1) is 12.1 Å². The van der Waals surface area contributed by atoms with E-state index in [4.69, 9.17) is 0 Å². The minimum Gasteiger partial charge on any atom is -0.388 e. The van der Waals surface area contributed by atoms with Crippen LogP contribution in [0.1, 0.15) is 20.3 Å². The number of carbonyl (C=O) groups excluding carboxylic acids is 1. The van der Waals surface area contributed by atoms with Gasteiger partial charge in [-0.05, 0) is 19.9 Å². The molecule has 0 aliphatic carbocycles. The normalized spacial score (nSPS) is 28.1. The lowest BCUT2D eigenvalue weighted by atomic mass is 10.1. The van der Waals surface area contributed by atoms with E-state index in [2.05, 4.69) is 5.32 Å². The summed E-state index contributed by atoms with van der Waals surface area (Å²) >= 11 is 0. The third-order valence-electron chi connectivity index (χ3n) is 2.33. The molecule has 1 atom stereocenters. The van der Waals surface area contributed by atoms with Crippen molar-refractivity contribution in [2.45, 2.75) is 25.9 Å². The Bertz CT molecular complexity index is 192. The van der Waals surface area contributed by atoms with Crippen LogP contribution >= 0.6 is 0 Å². The average molecular weight is 186 g/mol. The lowest BCUT2D eigenvalue weighted by Gasteiger charge is -2.18. The van der Waals surface area contributed by atoms with Crippen molar-refractivity contribution in [2.75, 3.05) is 26.2 Å². The number of nitrogens with zero attached hydrogens (tertiary/aromatic N) is 1. The van der Waals surface area contributed by atoms with Crippen LogP contribution in [0.2, 0.25) is 0 Å². The smallest absolute Gasteiger partial charge is 0.236 e. The molecule has 4 heteroatoms. The van der Waals surface area contributed by atoms with Gasteiger partial charge >= 0.3 is 0 Å². The summed E-state index contributed by atoms with van der Waals surface area (Å²) < 4.78 is 0. The van der Waals surface area contributed by atoms with Crippen LogP contribution < -0.4 is 5.32 Å². The van der Waals surface area contributed by atoms with Gasteiger partial charge in [-0.15, -0.1) is 0 Å². The number of carbonyl (C=O) groups is 1. The molecule has 1 heterocycles. The minimum atomic E-state index is -0.679. The molecule has 2 N–H and O–H groups in total. The van der Waals surface area contributed by atoms with E-state index in [9.17, 15) is 9.90 Å². The number of hydrogen-bond donors (Lipinski definition) is 2. The first kappa shape index (κ1) is 10.5. The second kappa shape index (κ2) is 4.07. The topological polar surface area (TPSA) is 52.6 Å². The van der Waals surface area contributed by atoms with Gasteiger partial charge in [0.1, 0.15) is 0 Å². The maximum Gasteiger partial charge on any atom is 0.236 e. The van der Waals surface area contributed by atoms with Crippen molar-refractivity contribution >= 4 is 5.91 Å². The van der Waals surface area contributed by atoms with Crippen LogP contribution in [0.3, 0.4) is 0 Å². The van der Waals surface area contributed by atoms with E-state index in [-0.39, 0.29) is 5.91 Å². The van der Waals surface area contributed by atoms with Gasteiger partial charge in [-0.3, -0.25) is 4.79 Å². The van der Waals surface area contributed by atoms with Crippen molar-refractivity contribution in [3.63, 3.8) is 0 Å². The molecule has 1 aliphatic heterocycles. The van der Waals surface area contributed by atoms with Crippen LogP contribution in [0.15, 0.2) is 0 Å². The Morgan fingerprint density at radius 1 is 1.69 bits per heavy atom. The molecule has 0 spiro atoms. The first-order chi connectivity index (χ1) is 6.05. The summed E-state index contributed by atoms with van der Waals surface area (Å²) in [6, 6.07) is 0. The van der Waals surface area contributed by atoms with Crippen molar-refractivity contribution in [3.8, 4) is 0 Å². The van der Waals surface area contributed by atoms with E-state index in [0.717, 1.165) is 6.54 Å². The fraction of sp³-hybridized carbons (Fsp3) is 0.889. The first-order valence-electron chi connectivity index (χ1n) is 4.76. The maximum atomic E-state index is 11.4. The molecule has 1 aliphatic rings. The second-order valence-corrected chi connectivity index (χ2v) is 3.84. The zero-order valence-electron chi connectivity index (χ0n) is 8.34. The summed E-state index contributed by atoms with van der Waals surface area (Å²) in [6.07, 6.45) is 0.685. The number of rotatable bonds is 3. The van der Waals surface area contributed by atoms with Gasteiger partial charge in [-0.25, -0.2) is 0 Å². The van der Waals surface area contributed by atoms with Crippen molar-refractivity contribution in [1.82, 2.24) is 10.2 Å². The molecule has 0 saturated carbocycles. The number of aliphatic hydroxyl groups is 1. The quantitative estimate of drug-likeness (QED) is 0.629. The number of nitrogens with one attached hydrogen (secondary N) is 1. The van der Waals surface area contributed by atoms with Crippen LogP contribution in [-0.4, -0.2) is 47.7 Å². The number of likely N-dealkylation sites (N-methyl/N-ethyl adjacent to an activating group) is 1. The SMILES string of the molecule is CCNCC(=O)N1CCC(C)(O)C1. The lowest BCUT2D eigenvalue weighted by Crippen LogP contribution is -2.39. The van der Waals surface area contributed by atoms with Crippen LogP contribution in [0.5, 0.6) is 0 Å². The molecular formula is C9H18N2O2. The van der Waals surface area contributed by atoms with Crippen molar-refractivity contribution in [1.29, 1.82) is 0 Å². The highest BCUT2D eigenvalue weighted by Crippen LogP contribution is 2.19. The van der Waals surface area contributed by atoms with Crippen molar-refractivity contribution in [3.05, 3.63) is 0 Å². The predicted molar refractivity (Wildman–Crippen MR) is 50.4 cm³/mol. The molecule has 0 radical (unpaired) electrons. The summed E-state index contributed by atoms with van der Waals surface area (Å²) in [5, 5.41) is 12.6. The first-order valence-corrected chi connectivity index (χ1v) is 4.76. The summed E-state index contributed by atoms with van der Waals surface area (Å²) in [7, 11) is 0. The molecule has 0 aromatic carbocycles. The van der Waals surface area contributed by atoms with E-state index < -0.39 is 5.60 Å². The Hall–Kier alpha value is -0.610. The lowest BCUT2D eigenvalue weighted by molar-refractivity contribution is -0.130. The average Bonchev–Trinajstić information content (AvgIpc) is 2.42. The number of likely N-dealkylation sites (tertiary alicyclic amines) is 1. The van der Waals surface area contributed by atoms with Gasteiger partial charge in [0.25, 0.3) is 0 Å². The zero-order chi connectivity index (χ0) is 9.90. The van der Waals surface area contributed by atoms with E-state index in [1.165, 1.54) is 0 Å². The van der Waals surface area contributed by atoms with E-state index in [0.29, 0.717) is 26.1 Å². The van der Waals surface area contributed by atoms with Crippen LogP contribution in [0.4, 0.5) is 0 Å². The van der Waals surface area contributed by atoms with Gasteiger partial charge in [0, 0.05) is 13.1 Å². The third kappa shape index (κ3) is 2.97. The molecule has 1 saturated heterocycles. The fourth-order valence-corrected chi connectivity index (χ4v) is 1.50. The third-order valence-corrected chi connectivity index (χ3v) is 2.33. The molecule has 1 amide bonds. The standard InChI is InChI=1S/C9H18N2O2/c1-3-10-6-8(12)11-5-4-9(2,13)7-11/h10,13H,3-7H2,1-2H3. The van der Waals surface area contributed by atoms with Gasteiger partial charge in [0.15, 0.2) is 0 Å². The highest BCUT2D eigenvalue weighted by atomic mass is 16.3.